The van der Waals surface area contributed by atoms with Crippen LogP contribution in [0.2, 0.25) is 5.02 Å². The number of anilines is 1. The maximum Gasteiger partial charge on any atom is 0.416 e. The van der Waals surface area contributed by atoms with Crippen LogP contribution in [0.1, 0.15) is 12.5 Å². The van der Waals surface area contributed by atoms with Gasteiger partial charge in [-0.05, 0) is 31.2 Å². The molecule has 0 unspecified atom stereocenters. The van der Waals surface area contributed by atoms with Gasteiger partial charge in [-0.3, -0.25) is 4.79 Å². The Bertz CT molecular complexity index is 862. The van der Waals surface area contributed by atoms with Gasteiger partial charge in [-0.2, -0.15) is 13.2 Å². The molecule has 0 aromatic heterocycles. The Labute approximate surface area is 150 Å². The normalized spacial score (nSPS) is 17.0. The van der Waals surface area contributed by atoms with E-state index in [2.05, 4.69) is 0 Å². The molecule has 26 heavy (non-hydrogen) atoms. The summed E-state index contributed by atoms with van der Waals surface area (Å²) >= 11 is 5.75. The minimum atomic E-state index is -4.73. The lowest BCUT2D eigenvalue weighted by molar-refractivity contribution is -0.137. The SMILES string of the molecule is C[C@H]1Oc2cc(Oc3c(F)cc(C(F)(F)F)cc3Cl)ccc2N(C)C1=O. The quantitative estimate of drug-likeness (QED) is 0.676. The highest BCUT2D eigenvalue weighted by Crippen LogP contribution is 2.41. The lowest BCUT2D eigenvalue weighted by atomic mass is 10.2. The van der Waals surface area contributed by atoms with Gasteiger partial charge in [-0.15, -0.1) is 0 Å². The molecule has 4 nitrogen and oxygen atoms in total. The van der Waals surface area contributed by atoms with Crippen LogP contribution in [0.5, 0.6) is 17.2 Å². The van der Waals surface area contributed by atoms with Crippen LogP contribution in [0.4, 0.5) is 23.2 Å². The number of amides is 1. The number of carbonyl (C=O) groups is 1. The fraction of sp³-hybridized carbons (Fsp3) is 0.235. The lowest BCUT2D eigenvalue weighted by Crippen LogP contribution is -2.41. The van der Waals surface area contributed by atoms with Gasteiger partial charge in [0.2, 0.25) is 0 Å². The molecule has 0 bridgehead atoms. The number of rotatable bonds is 2. The van der Waals surface area contributed by atoms with Crippen molar-refractivity contribution in [1.82, 2.24) is 0 Å². The molecule has 9 heteroatoms. The van der Waals surface area contributed by atoms with Crippen LogP contribution < -0.4 is 14.4 Å². The number of alkyl halides is 3. The van der Waals surface area contributed by atoms with E-state index in [4.69, 9.17) is 21.1 Å². The predicted octanol–water partition coefficient (Wildman–Crippen LogP) is 5.03. The fourth-order valence-electron chi connectivity index (χ4n) is 2.50. The van der Waals surface area contributed by atoms with Crippen molar-refractivity contribution in [2.75, 3.05) is 11.9 Å². The summed E-state index contributed by atoms with van der Waals surface area (Å²) in [5.74, 6) is -1.60. The van der Waals surface area contributed by atoms with Gasteiger partial charge in [-0.25, -0.2) is 4.39 Å². The zero-order valence-electron chi connectivity index (χ0n) is 13.5. The molecule has 0 aliphatic carbocycles. The molecule has 0 spiro atoms. The van der Waals surface area contributed by atoms with Crippen LogP contribution in [0, 0.1) is 5.82 Å². The Morgan fingerprint density at radius 1 is 1.23 bits per heavy atom. The smallest absolute Gasteiger partial charge is 0.416 e. The second-order valence-corrected chi connectivity index (χ2v) is 6.06. The van der Waals surface area contributed by atoms with Crippen molar-refractivity contribution in [1.29, 1.82) is 0 Å². The number of hydrogen-bond donors (Lipinski definition) is 0. The van der Waals surface area contributed by atoms with E-state index in [-0.39, 0.29) is 11.7 Å². The van der Waals surface area contributed by atoms with Crippen molar-refractivity contribution in [3.05, 3.63) is 46.7 Å². The summed E-state index contributed by atoms with van der Waals surface area (Å²) in [5.41, 5.74) is -0.727. The van der Waals surface area contributed by atoms with Crippen molar-refractivity contribution in [2.24, 2.45) is 0 Å². The summed E-state index contributed by atoms with van der Waals surface area (Å²) in [4.78, 5) is 13.3. The summed E-state index contributed by atoms with van der Waals surface area (Å²) < 4.78 is 62.9. The van der Waals surface area contributed by atoms with Crippen molar-refractivity contribution in [2.45, 2.75) is 19.2 Å². The zero-order valence-corrected chi connectivity index (χ0v) is 14.3. The van der Waals surface area contributed by atoms with Crippen molar-refractivity contribution >= 4 is 23.2 Å². The zero-order chi connectivity index (χ0) is 19.2. The fourth-order valence-corrected chi connectivity index (χ4v) is 2.75. The van der Waals surface area contributed by atoms with Gasteiger partial charge >= 0.3 is 6.18 Å². The Balaban J connectivity index is 1.94. The van der Waals surface area contributed by atoms with E-state index in [1.165, 1.54) is 23.1 Å². The van der Waals surface area contributed by atoms with Crippen molar-refractivity contribution in [3.63, 3.8) is 0 Å². The maximum absolute atomic E-state index is 14.0. The maximum atomic E-state index is 14.0. The molecule has 2 aromatic rings. The second kappa shape index (κ2) is 6.35. The molecule has 0 saturated carbocycles. The molecule has 1 aliphatic heterocycles. The molecule has 1 amide bonds. The van der Waals surface area contributed by atoms with Crippen LogP contribution in [0.3, 0.4) is 0 Å². The first-order valence-corrected chi connectivity index (χ1v) is 7.78. The van der Waals surface area contributed by atoms with E-state index in [0.29, 0.717) is 23.6 Å². The van der Waals surface area contributed by atoms with Crippen LogP contribution in [-0.2, 0) is 11.0 Å². The number of ether oxygens (including phenoxy) is 2. The number of carbonyl (C=O) groups excluding carboxylic acids is 1. The van der Waals surface area contributed by atoms with Gasteiger partial charge in [0.1, 0.15) is 11.5 Å². The average molecular weight is 390 g/mol. The molecule has 0 saturated heterocycles. The predicted molar refractivity (Wildman–Crippen MR) is 86.4 cm³/mol. The first-order chi connectivity index (χ1) is 12.1. The van der Waals surface area contributed by atoms with E-state index in [0.717, 1.165) is 0 Å². The monoisotopic (exact) mass is 389 g/mol. The molecule has 0 fully saturated rings. The highest BCUT2D eigenvalue weighted by molar-refractivity contribution is 6.32. The third-order valence-corrected chi connectivity index (χ3v) is 4.10. The molecular weight excluding hydrogens is 378 g/mol. The van der Waals surface area contributed by atoms with Crippen molar-refractivity contribution in [3.8, 4) is 17.2 Å². The van der Waals surface area contributed by atoms with E-state index >= 15 is 0 Å². The Morgan fingerprint density at radius 3 is 2.54 bits per heavy atom. The van der Waals surface area contributed by atoms with Gasteiger partial charge in [0.25, 0.3) is 5.91 Å². The molecule has 1 heterocycles. The number of fused-ring (bicyclic) bond motifs is 1. The standard InChI is InChI=1S/C17H12ClF4NO3/c1-8-16(24)23(2)13-4-3-10(7-14(13)25-8)26-15-11(18)5-9(6-12(15)19)17(20,21)22/h3-8H,1-2H3/t8-/m1/s1. The molecule has 2 aromatic carbocycles. The molecule has 0 N–H and O–H groups in total. The summed E-state index contributed by atoms with van der Waals surface area (Å²) in [6.45, 7) is 1.57. The molecule has 1 aliphatic rings. The summed E-state index contributed by atoms with van der Waals surface area (Å²) in [6.07, 6.45) is -5.44. The first kappa shape index (κ1) is 18.3. The van der Waals surface area contributed by atoms with Crippen LogP contribution >= 0.6 is 11.6 Å². The minimum Gasteiger partial charge on any atom is -0.479 e. The molecular formula is C17H12ClF4NO3. The minimum absolute atomic E-state index is 0.0965. The number of nitrogens with zero attached hydrogens (tertiary/aromatic N) is 1. The number of likely N-dealkylation sites (N-methyl/N-ethyl adjacent to an activating group) is 1. The van der Waals surface area contributed by atoms with E-state index in [1.54, 1.807) is 14.0 Å². The molecule has 138 valence electrons. The third-order valence-electron chi connectivity index (χ3n) is 3.82. The van der Waals surface area contributed by atoms with Crippen molar-refractivity contribution < 1.29 is 31.8 Å². The summed E-state index contributed by atoms with van der Waals surface area (Å²) in [6, 6.07) is 5.25. The number of hydrogen-bond acceptors (Lipinski definition) is 3. The topological polar surface area (TPSA) is 38.8 Å². The molecule has 0 radical (unpaired) electrons. The summed E-state index contributed by atoms with van der Waals surface area (Å²) in [7, 11) is 1.58. The van der Waals surface area contributed by atoms with Gasteiger partial charge in [0.05, 0.1) is 16.3 Å². The van der Waals surface area contributed by atoms with Gasteiger partial charge in [0, 0.05) is 13.1 Å². The average Bonchev–Trinajstić information content (AvgIpc) is 2.55. The van der Waals surface area contributed by atoms with E-state index in [1.807, 2.05) is 0 Å². The highest BCUT2D eigenvalue weighted by atomic mass is 35.5. The first-order valence-electron chi connectivity index (χ1n) is 7.40. The van der Waals surface area contributed by atoms with Crippen LogP contribution in [-0.4, -0.2) is 19.1 Å². The van der Waals surface area contributed by atoms with Gasteiger partial charge in [-0.1, -0.05) is 11.6 Å². The largest absolute Gasteiger partial charge is 0.479 e. The van der Waals surface area contributed by atoms with Crippen LogP contribution in [0.15, 0.2) is 30.3 Å². The molecule has 3 rings (SSSR count). The van der Waals surface area contributed by atoms with Crippen LogP contribution in [0.25, 0.3) is 0 Å². The Kier molecular flexibility index (Phi) is 4.47. The Hall–Kier alpha value is -2.48. The van der Waals surface area contributed by atoms with Gasteiger partial charge in [0.15, 0.2) is 17.7 Å². The Morgan fingerprint density at radius 2 is 1.92 bits per heavy atom. The molecule has 1 atom stereocenters. The second-order valence-electron chi connectivity index (χ2n) is 5.66. The lowest BCUT2D eigenvalue weighted by Gasteiger charge is -2.30. The summed E-state index contributed by atoms with van der Waals surface area (Å²) in [5, 5.41) is -0.517. The highest BCUT2D eigenvalue weighted by Gasteiger charge is 2.33. The van der Waals surface area contributed by atoms with Gasteiger partial charge < -0.3 is 14.4 Å². The van der Waals surface area contributed by atoms with E-state index < -0.39 is 34.4 Å². The van der Waals surface area contributed by atoms with E-state index in [9.17, 15) is 22.4 Å². The number of benzene rings is 2. The third kappa shape index (κ3) is 3.29. The number of halogens is 5.